The number of hydrogen-bond acceptors (Lipinski definition) is 3. The van der Waals surface area contributed by atoms with E-state index in [9.17, 15) is 0 Å². The molecule has 14 aromatic rings. The number of hydrogen-bond donors (Lipinski definition) is 0. The Morgan fingerprint density at radius 2 is 0.696 bits per heavy atom. The van der Waals surface area contributed by atoms with E-state index in [1.165, 1.54) is 21.9 Å². The van der Waals surface area contributed by atoms with Crippen molar-refractivity contribution in [3.8, 4) is 62.4 Å². The maximum Gasteiger partial charge on any atom is 0.238 e. The van der Waals surface area contributed by atoms with Crippen LogP contribution >= 0.6 is 0 Å². The number of aromatic nitrogens is 6. The normalized spacial score (nSPS) is 11.8. The molecule has 4 heterocycles. The monoisotopic (exact) mass is 880 g/mol. The second-order valence-electron chi connectivity index (χ2n) is 17.6. The third-order valence-corrected chi connectivity index (χ3v) is 13.7. The zero-order valence-corrected chi connectivity index (χ0v) is 37.3. The van der Waals surface area contributed by atoms with Gasteiger partial charge in [-0.05, 0) is 70.8 Å². The van der Waals surface area contributed by atoms with E-state index in [1.54, 1.807) is 0 Å². The highest BCUT2D eigenvalue weighted by Gasteiger charge is 2.25. The van der Waals surface area contributed by atoms with Crippen LogP contribution in [0.3, 0.4) is 0 Å². The number of rotatable bonds is 7. The first-order valence-electron chi connectivity index (χ1n) is 23.4. The molecule has 0 saturated carbocycles. The highest BCUT2D eigenvalue weighted by molar-refractivity contribution is 6.24. The van der Waals surface area contributed by atoms with Crippen LogP contribution in [0.25, 0.3) is 128 Å². The Kier molecular flexibility index (Phi) is 8.79. The van der Waals surface area contributed by atoms with Gasteiger partial charge < -0.3 is 9.13 Å². The van der Waals surface area contributed by atoms with Crippen LogP contribution in [-0.4, -0.2) is 28.7 Å². The van der Waals surface area contributed by atoms with E-state index in [0.29, 0.717) is 17.6 Å². The van der Waals surface area contributed by atoms with Crippen LogP contribution in [0, 0.1) is 0 Å². The smallest absolute Gasteiger partial charge is 0.238 e. The summed E-state index contributed by atoms with van der Waals surface area (Å²) in [6, 6.07) is 86.2. The van der Waals surface area contributed by atoms with Crippen LogP contribution in [0.5, 0.6) is 0 Å². The molecule has 0 aliphatic rings. The topological polar surface area (TPSA) is 53.5 Å². The van der Waals surface area contributed by atoms with E-state index in [1.807, 2.05) is 18.2 Å². The summed E-state index contributed by atoms with van der Waals surface area (Å²) < 4.78 is 7.08. The molecular weight excluding hydrogens is 841 g/mol. The van der Waals surface area contributed by atoms with Gasteiger partial charge in [0.25, 0.3) is 0 Å². The third kappa shape index (κ3) is 6.09. The van der Waals surface area contributed by atoms with E-state index in [0.717, 1.165) is 88.3 Å². The molecule has 0 unspecified atom stereocenters. The van der Waals surface area contributed by atoms with Crippen molar-refractivity contribution >= 4 is 65.4 Å². The van der Waals surface area contributed by atoms with Gasteiger partial charge in [0, 0.05) is 54.8 Å². The van der Waals surface area contributed by atoms with Crippen LogP contribution < -0.4 is 0 Å². The SMILES string of the molecule is c1ccc(-c2nc(-c3cccc4c5ccccc5n(-c5ccccc5)c34)nc(-n3c4ccccc4c4ccc5c6ccccc6n(-c6ccc(-c7ccccc7)c(-c7ccccc7)c6)c5c43)n2)cc1. The molecule has 0 radical (unpaired) electrons. The zero-order valence-electron chi connectivity index (χ0n) is 37.3. The Morgan fingerprint density at radius 1 is 0.246 bits per heavy atom. The van der Waals surface area contributed by atoms with Crippen LogP contribution in [-0.2, 0) is 0 Å². The Bertz CT molecular complexity index is 4280. The second-order valence-corrected chi connectivity index (χ2v) is 17.6. The molecule has 6 nitrogen and oxygen atoms in total. The molecular formula is C63H40N6. The Balaban J connectivity index is 1.10. The summed E-state index contributed by atoms with van der Waals surface area (Å²) in [6.45, 7) is 0. The van der Waals surface area contributed by atoms with Crippen molar-refractivity contribution in [2.45, 2.75) is 0 Å². The van der Waals surface area contributed by atoms with Gasteiger partial charge in [-0.25, -0.2) is 4.98 Å². The van der Waals surface area contributed by atoms with Crippen LogP contribution in [0.4, 0.5) is 0 Å². The molecule has 0 aliphatic heterocycles. The van der Waals surface area contributed by atoms with Crippen molar-refractivity contribution in [2.75, 3.05) is 0 Å². The summed E-state index contributed by atoms with van der Waals surface area (Å²) in [5.41, 5.74) is 15.0. The molecule has 0 N–H and O–H groups in total. The fraction of sp³-hybridized carbons (Fsp3) is 0. The molecule has 14 rings (SSSR count). The van der Waals surface area contributed by atoms with E-state index in [4.69, 9.17) is 15.0 Å². The third-order valence-electron chi connectivity index (χ3n) is 13.7. The molecule has 0 saturated heterocycles. The number of fused-ring (bicyclic) bond motifs is 10. The quantitative estimate of drug-likeness (QED) is 0.160. The van der Waals surface area contributed by atoms with E-state index in [-0.39, 0.29) is 0 Å². The number of nitrogens with zero attached hydrogens (tertiary/aromatic N) is 6. The van der Waals surface area contributed by atoms with Gasteiger partial charge >= 0.3 is 0 Å². The molecule has 322 valence electrons. The lowest BCUT2D eigenvalue weighted by molar-refractivity contribution is 0.953. The average Bonchev–Trinajstić information content (AvgIpc) is 4.08. The number of benzene rings is 10. The largest absolute Gasteiger partial charge is 0.309 e. The second kappa shape index (κ2) is 15.6. The van der Waals surface area contributed by atoms with Gasteiger partial charge in [-0.15, -0.1) is 0 Å². The van der Waals surface area contributed by atoms with Crippen molar-refractivity contribution in [3.63, 3.8) is 0 Å². The van der Waals surface area contributed by atoms with Crippen molar-refractivity contribution in [2.24, 2.45) is 0 Å². The summed E-state index contributed by atoms with van der Waals surface area (Å²) >= 11 is 0. The first-order valence-corrected chi connectivity index (χ1v) is 23.4. The van der Waals surface area contributed by atoms with Gasteiger partial charge in [-0.2, -0.15) is 9.97 Å². The van der Waals surface area contributed by atoms with Crippen molar-refractivity contribution < 1.29 is 0 Å². The molecule has 0 spiro atoms. The van der Waals surface area contributed by atoms with Gasteiger partial charge in [0.05, 0.1) is 33.1 Å². The number of para-hydroxylation sites is 5. The summed E-state index contributed by atoms with van der Waals surface area (Å²) in [4.78, 5) is 16.4. The van der Waals surface area contributed by atoms with Gasteiger partial charge in [-0.1, -0.05) is 194 Å². The molecule has 69 heavy (non-hydrogen) atoms. The lowest BCUT2D eigenvalue weighted by Crippen LogP contribution is -2.08. The van der Waals surface area contributed by atoms with Crippen molar-refractivity contribution in [1.82, 2.24) is 28.7 Å². The fourth-order valence-electron chi connectivity index (χ4n) is 10.7. The molecule has 6 heteroatoms. The predicted octanol–water partition coefficient (Wildman–Crippen LogP) is 15.8. The molecule has 4 aromatic heterocycles. The summed E-state index contributed by atoms with van der Waals surface area (Å²) in [5, 5.41) is 6.84. The van der Waals surface area contributed by atoms with Crippen LogP contribution in [0.15, 0.2) is 243 Å². The lowest BCUT2D eigenvalue weighted by Gasteiger charge is -2.16. The van der Waals surface area contributed by atoms with E-state index >= 15 is 0 Å². The molecule has 0 bridgehead atoms. The Labute approximate surface area is 397 Å². The maximum absolute atomic E-state index is 5.61. The molecule has 0 atom stereocenters. The van der Waals surface area contributed by atoms with Crippen molar-refractivity contribution in [1.29, 1.82) is 0 Å². The summed E-state index contributed by atoms with van der Waals surface area (Å²) in [6.07, 6.45) is 0. The molecule has 0 amide bonds. The highest BCUT2D eigenvalue weighted by atomic mass is 15.2. The Hall–Kier alpha value is -9.39. The van der Waals surface area contributed by atoms with Gasteiger partial charge in [-0.3, -0.25) is 4.57 Å². The highest BCUT2D eigenvalue weighted by Crippen LogP contribution is 2.44. The van der Waals surface area contributed by atoms with Crippen molar-refractivity contribution in [3.05, 3.63) is 243 Å². The first kappa shape index (κ1) is 38.8. The van der Waals surface area contributed by atoms with Gasteiger partial charge in [0.2, 0.25) is 5.95 Å². The van der Waals surface area contributed by atoms with Crippen LogP contribution in [0.2, 0.25) is 0 Å². The average molecular weight is 881 g/mol. The minimum atomic E-state index is 0.540. The first-order chi connectivity index (χ1) is 34.3. The predicted molar refractivity (Wildman–Crippen MR) is 285 cm³/mol. The summed E-state index contributed by atoms with van der Waals surface area (Å²) in [7, 11) is 0. The van der Waals surface area contributed by atoms with E-state index < -0.39 is 0 Å². The van der Waals surface area contributed by atoms with Gasteiger partial charge in [0.1, 0.15) is 0 Å². The van der Waals surface area contributed by atoms with Gasteiger partial charge in [0.15, 0.2) is 11.6 Å². The minimum absolute atomic E-state index is 0.540. The Morgan fingerprint density at radius 3 is 1.30 bits per heavy atom. The van der Waals surface area contributed by atoms with E-state index in [2.05, 4.69) is 238 Å². The molecule has 10 aromatic carbocycles. The summed E-state index contributed by atoms with van der Waals surface area (Å²) in [5.74, 6) is 1.72. The molecule has 0 fully saturated rings. The zero-order chi connectivity index (χ0) is 45.4. The fourth-order valence-corrected chi connectivity index (χ4v) is 10.7. The minimum Gasteiger partial charge on any atom is -0.309 e. The maximum atomic E-state index is 5.61. The molecule has 0 aliphatic carbocycles. The van der Waals surface area contributed by atoms with Crippen LogP contribution in [0.1, 0.15) is 0 Å². The lowest BCUT2D eigenvalue weighted by atomic mass is 9.94. The standard InChI is InChI=1S/C63H40N6/c1-5-20-41(21-6-1)46-37-36-45(40-54(46)42-22-7-2-8-23-42)68-56-34-17-14-29-48(56)51-38-39-52-49-30-15-18-35-57(49)69(60(52)59(51)68)63-65-61(43-24-9-3-10-25-43)64-62(66-63)53-32-19-31-50-47-28-13-16-33-55(47)67(58(50)53)44-26-11-4-12-27-44/h1-40H.